The van der Waals surface area contributed by atoms with E-state index in [-0.39, 0.29) is 12.4 Å². The van der Waals surface area contributed by atoms with Gasteiger partial charge in [-0.1, -0.05) is 31.5 Å². The molecule has 1 saturated carbocycles. The SMILES string of the molecule is Cc1cc(C2=NNC(=NC3CCCCC3C)SC2)c(C)n1C.Cl. The molecule has 0 saturated heterocycles. The lowest BCUT2D eigenvalue weighted by Crippen LogP contribution is -2.29. The van der Waals surface area contributed by atoms with E-state index < -0.39 is 0 Å². The highest BCUT2D eigenvalue weighted by Gasteiger charge is 2.23. The first-order chi connectivity index (χ1) is 10.6. The molecule has 2 unspecified atom stereocenters. The molecule has 0 radical (unpaired) electrons. The van der Waals surface area contributed by atoms with Gasteiger partial charge >= 0.3 is 0 Å². The summed E-state index contributed by atoms with van der Waals surface area (Å²) < 4.78 is 2.22. The van der Waals surface area contributed by atoms with Crippen LogP contribution in [-0.4, -0.2) is 27.2 Å². The number of hydrogen-bond donors (Lipinski definition) is 1. The first kappa shape index (κ1) is 18.4. The highest BCUT2D eigenvalue weighted by molar-refractivity contribution is 8.14. The molecule has 3 rings (SSSR count). The van der Waals surface area contributed by atoms with Crippen LogP contribution in [0.25, 0.3) is 0 Å². The van der Waals surface area contributed by atoms with Crippen LogP contribution in [0.2, 0.25) is 0 Å². The lowest BCUT2D eigenvalue weighted by molar-refractivity contribution is 0.333. The molecule has 1 fully saturated rings. The molecule has 0 spiro atoms. The predicted octanol–water partition coefficient (Wildman–Crippen LogP) is 4.04. The van der Waals surface area contributed by atoms with Crippen LogP contribution in [0.4, 0.5) is 0 Å². The van der Waals surface area contributed by atoms with E-state index in [0.29, 0.717) is 12.0 Å². The fourth-order valence-electron chi connectivity index (χ4n) is 3.31. The largest absolute Gasteiger partial charge is 0.351 e. The van der Waals surface area contributed by atoms with Crippen molar-refractivity contribution in [2.75, 3.05) is 5.75 Å². The van der Waals surface area contributed by atoms with Gasteiger partial charge in [0.15, 0.2) is 5.17 Å². The van der Waals surface area contributed by atoms with Gasteiger partial charge in [-0.25, -0.2) is 0 Å². The van der Waals surface area contributed by atoms with Crippen LogP contribution >= 0.6 is 24.2 Å². The molecule has 23 heavy (non-hydrogen) atoms. The number of aromatic nitrogens is 1. The quantitative estimate of drug-likeness (QED) is 0.870. The Morgan fingerprint density at radius 3 is 2.61 bits per heavy atom. The summed E-state index contributed by atoms with van der Waals surface area (Å²) in [6, 6.07) is 2.70. The summed E-state index contributed by atoms with van der Waals surface area (Å²) in [5, 5.41) is 5.58. The van der Waals surface area contributed by atoms with Gasteiger partial charge in [0.05, 0.1) is 11.8 Å². The molecule has 0 amide bonds. The first-order valence-electron chi connectivity index (χ1n) is 8.22. The number of aliphatic imine (C=N–C) groups is 1. The maximum Gasteiger partial charge on any atom is 0.177 e. The normalized spacial score (nSPS) is 26.4. The zero-order valence-corrected chi connectivity index (χ0v) is 16.1. The maximum absolute atomic E-state index is 4.91. The molecule has 2 heterocycles. The molecule has 128 valence electrons. The molecular weight excluding hydrogens is 328 g/mol. The number of halogens is 1. The van der Waals surface area contributed by atoms with Crippen molar-refractivity contribution < 1.29 is 0 Å². The summed E-state index contributed by atoms with van der Waals surface area (Å²) in [6.45, 7) is 6.62. The fraction of sp³-hybridized carbons (Fsp3) is 0.647. The third kappa shape index (κ3) is 3.94. The van der Waals surface area contributed by atoms with E-state index in [1.165, 1.54) is 42.6 Å². The van der Waals surface area contributed by atoms with Crippen LogP contribution in [0.1, 0.15) is 49.6 Å². The van der Waals surface area contributed by atoms with Crippen molar-refractivity contribution in [1.29, 1.82) is 0 Å². The van der Waals surface area contributed by atoms with Gasteiger partial charge in [0.1, 0.15) is 0 Å². The number of nitrogens with one attached hydrogen (secondary N) is 1. The Balaban J connectivity index is 0.00000192. The number of hydrazone groups is 1. The Morgan fingerprint density at radius 1 is 1.30 bits per heavy atom. The molecule has 1 aliphatic heterocycles. The highest BCUT2D eigenvalue weighted by atomic mass is 35.5. The monoisotopic (exact) mass is 354 g/mol. The molecule has 1 aromatic rings. The minimum absolute atomic E-state index is 0. The second kappa shape index (κ2) is 7.75. The summed E-state index contributed by atoms with van der Waals surface area (Å²) in [5.74, 6) is 1.60. The van der Waals surface area contributed by atoms with E-state index in [4.69, 9.17) is 4.99 Å². The Bertz CT molecular complexity index is 620. The Labute approximate surface area is 149 Å². The van der Waals surface area contributed by atoms with Crippen LogP contribution in [-0.2, 0) is 7.05 Å². The Kier molecular flexibility index (Phi) is 6.20. The van der Waals surface area contributed by atoms with Crippen molar-refractivity contribution in [3.63, 3.8) is 0 Å². The predicted molar refractivity (Wildman–Crippen MR) is 103 cm³/mol. The molecule has 1 N–H and O–H groups in total. The van der Waals surface area contributed by atoms with Crippen LogP contribution in [0.5, 0.6) is 0 Å². The minimum Gasteiger partial charge on any atom is -0.351 e. The minimum atomic E-state index is 0. The maximum atomic E-state index is 4.91. The second-order valence-electron chi connectivity index (χ2n) is 6.57. The van der Waals surface area contributed by atoms with Gasteiger partial charge in [-0.3, -0.25) is 10.4 Å². The summed E-state index contributed by atoms with van der Waals surface area (Å²) in [5.41, 5.74) is 8.12. The second-order valence-corrected chi connectivity index (χ2v) is 7.53. The fourth-order valence-corrected chi connectivity index (χ4v) is 4.12. The van der Waals surface area contributed by atoms with Gasteiger partial charge in [0.2, 0.25) is 0 Å². The first-order valence-corrected chi connectivity index (χ1v) is 9.21. The van der Waals surface area contributed by atoms with Gasteiger partial charge in [-0.05, 0) is 38.7 Å². The van der Waals surface area contributed by atoms with Crippen LogP contribution in [0.15, 0.2) is 16.2 Å². The van der Waals surface area contributed by atoms with Crippen LogP contribution in [0.3, 0.4) is 0 Å². The standard InChI is InChI=1S/C17H26N4S.ClH/c1-11-7-5-6-8-15(11)18-17-20-19-16(10-22-17)14-9-12(2)21(4)13(14)3;/h9,11,15H,5-8,10H2,1-4H3,(H,18,20);1H. The highest BCUT2D eigenvalue weighted by Crippen LogP contribution is 2.27. The number of rotatable bonds is 2. The van der Waals surface area contributed by atoms with Gasteiger partial charge < -0.3 is 4.57 Å². The lowest BCUT2D eigenvalue weighted by atomic mass is 9.86. The van der Waals surface area contributed by atoms with Crippen molar-refractivity contribution in [3.05, 3.63) is 23.0 Å². The summed E-state index contributed by atoms with van der Waals surface area (Å²) in [7, 11) is 2.11. The van der Waals surface area contributed by atoms with E-state index >= 15 is 0 Å². The topological polar surface area (TPSA) is 41.7 Å². The molecule has 0 bridgehead atoms. The summed E-state index contributed by atoms with van der Waals surface area (Å²) in [6.07, 6.45) is 5.20. The van der Waals surface area contributed by atoms with Crippen molar-refractivity contribution in [1.82, 2.24) is 9.99 Å². The molecule has 2 atom stereocenters. The molecule has 2 aliphatic rings. The van der Waals surface area contributed by atoms with Crippen LogP contribution < -0.4 is 5.43 Å². The van der Waals surface area contributed by atoms with Crippen molar-refractivity contribution in [2.45, 2.75) is 52.5 Å². The third-order valence-corrected chi connectivity index (χ3v) is 5.96. The van der Waals surface area contributed by atoms with E-state index in [1.807, 2.05) is 0 Å². The zero-order chi connectivity index (χ0) is 15.7. The molecular formula is C17H27ClN4S. The van der Waals surface area contributed by atoms with Gasteiger partial charge in [-0.15, -0.1) is 12.4 Å². The van der Waals surface area contributed by atoms with Gasteiger partial charge in [0.25, 0.3) is 0 Å². The summed E-state index contributed by atoms with van der Waals surface area (Å²) >= 11 is 1.78. The number of aryl methyl sites for hydroxylation is 1. The molecule has 4 nitrogen and oxygen atoms in total. The van der Waals surface area contributed by atoms with Gasteiger partial charge in [-0.2, -0.15) is 5.10 Å². The number of nitrogens with zero attached hydrogens (tertiary/aromatic N) is 3. The molecule has 1 aromatic heterocycles. The smallest absolute Gasteiger partial charge is 0.177 e. The Hall–Kier alpha value is -0.940. The Morgan fingerprint density at radius 2 is 2.04 bits per heavy atom. The third-order valence-electron chi connectivity index (χ3n) is 5.07. The van der Waals surface area contributed by atoms with E-state index in [0.717, 1.165) is 16.6 Å². The number of hydrogen-bond acceptors (Lipinski definition) is 3. The number of thioether (sulfide) groups is 1. The molecule has 0 aromatic carbocycles. The average molecular weight is 355 g/mol. The van der Waals surface area contributed by atoms with Gasteiger partial charge in [0, 0.05) is 29.8 Å². The van der Waals surface area contributed by atoms with Crippen molar-refractivity contribution in [2.24, 2.45) is 23.1 Å². The van der Waals surface area contributed by atoms with E-state index in [2.05, 4.69) is 49.0 Å². The van der Waals surface area contributed by atoms with Crippen LogP contribution in [0, 0.1) is 19.8 Å². The average Bonchev–Trinajstić information content (AvgIpc) is 2.78. The lowest BCUT2D eigenvalue weighted by Gasteiger charge is -2.26. The molecule has 1 aliphatic carbocycles. The van der Waals surface area contributed by atoms with Crippen molar-refractivity contribution in [3.8, 4) is 0 Å². The molecule has 6 heteroatoms. The number of amidine groups is 1. The zero-order valence-electron chi connectivity index (χ0n) is 14.4. The van der Waals surface area contributed by atoms with E-state index in [1.54, 1.807) is 11.8 Å². The van der Waals surface area contributed by atoms with Crippen molar-refractivity contribution >= 4 is 35.0 Å². The van der Waals surface area contributed by atoms with E-state index in [9.17, 15) is 0 Å². The summed E-state index contributed by atoms with van der Waals surface area (Å²) in [4.78, 5) is 4.91.